The molecule has 0 saturated heterocycles. The Morgan fingerprint density at radius 1 is 1.09 bits per heavy atom. The number of nitrogens with one attached hydrogen (secondary N) is 2. The normalized spacial score (nSPS) is 10.7. The van der Waals surface area contributed by atoms with E-state index in [0.717, 1.165) is 5.56 Å². The van der Waals surface area contributed by atoms with E-state index in [9.17, 15) is 9.59 Å². The predicted molar refractivity (Wildman–Crippen MR) is 132 cm³/mol. The van der Waals surface area contributed by atoms with Crippen LogP contribution < -0.4 is 20.2 Å². The molecular weight excluding hydrogens is 510 g/mol. The molecule has 0 spiro atoms. The van der Waals surface area contributed by atoms with Gasteiger partial charge in [0.15, 0.2) is 11.5 Å². The summed E-state index contributed by atoms with van der Waals surface area (Å²) in [5, 5.41) is 7.32. The highest BCUT2D eigenvalue weighted by molar-refractivity contribution is 9.10. The Morgan fingerprint density at radius 2 is 1.79 bits per heavy atom. The second-order valence-electron chi connectivity index (χ2n) is 6.91. The van der Waals surface area contributed by atoms with Crippen molar-refractivity contribution >= 4 is 51.2 Å². The lowest BCUT2D eigenvalue weighted by atomic mass is 10.2. The van der Waals surface area contributed by atoms with Crippen LogP contribution in [0.4, 0.5) is 5.69 Å². The van der Waals surface area contributed by atoms with Crippen molar-refractivity contribution in [2.24, 2.45) is 5.10 Å². The number of carbonyl (C=O) groups is 2. The molecule has 3 aromatic carbocycles. The topological polar surface area (TPSA) is 89.0 Å². The van der Waals surface area contributed by atoms with Gasteiger partial charge in [-0.15, -0.1) is 0 Å². The van der Waals surface area contributed by atoms with Crippen LogP contribution in [0.3, 0.4) is 0 Å². The number of hydrogen-bond donors (Lipinski definition) is 2. The van der Waals surface area contributed by atoms with Gasteiger partial charge in [-0.05, 0) is 75.6 Å². The van der Waals surface area contributed by atoms with Gasteiger partial charge in [0.25, 0.3) is 5.91 Å². The zero-order chi connectivity index (χ0) is 23.8. The van der Waals surface area contributed by atoms with E-state index in [0.29, 0.717) is 44.4 Å². The number of halogens is 2. The fourth-order valence-corrected chi connectivity index (χ4v) is 3.53. The number of rotatable bonds is 8. The first-order valence-electron chi connectivity index (χ1n) is 9.81. The van der Waals surface area contributed by atoms with Gasteiger partial charge in [0.1, 0.15) is 6.61 Å². The van der Waals surface area contributed by atoms with Gasteiger partial charge in [-0.2, -0.15) is 5.10 Å². The van der Waals surface area contributed by atoms with Crippen LogP contribution in [0, 0.1) is 0 Å². The van der Waals surface area contributed by atoms with Crippen molar-refractivity contribution in [2.45, 2.75) is 13.5 Å². The molecule has 0 fully saturated rings. The van der Waals surface area contributed by atoms with Crippen LogP contribution in [0.25, 0.3) is 0 Å². The minimum absolute atomic E-state index is 0.181. The maximum Gasteiger partial charge on any atom is 0.271 e. The summed E-state index contributed by atoms with van der Waals surface area (Å²) in [5.74, 6) is 0.502. The average Bonchev–Trinajstić information content (AvgIpc) is 2.79. The summed E-state index contributed by atoms with van der Waals surface area (Å²) in [4.78, 5) is 23.4. The van der Waals surface area contributed by atoms with Crippen LogP contribution in [0.1, 0.15) is 28.4 Å². The number of benzene rings is 3. The van der Waals surface area contributed by atoms with Gasteiger partial charge in [0.2, 0.25) is 5.91 Å². The summed E-state index contributed by atoms with van der Waals surface area (Å²) < 4.78 is 12.1. The third-order valence-corrected chi connectivity index (χ3v) is 5.24. The molecular formula is C24H21BrClN3O4. The Labute approximate surface area is 204 Å². The Hall–Kier alpha value is -3.36. The number of methoxy groups -OCH3 is 1. The fraction of sp³-hybridized carbons (Fsp3) is 0.125. The van der Waals surface area contributed by atoms with Crippen molar-refractivity contribution in [3.8, 4) is 11.5 Å². The largest absolute Gasteiger partial charge is 0.493 e. The van der Waals surface area contributed by atoms with E-state index in [-0.39, 0.29) is 11.8 Å². The second-order valence-corrected chi connectivity index (χ2v) is 8.20. The summed E-state index contributed by atoms with van der Waals surface area (Å²) in [6, 6.07) is 17.4. The molecule has 0 heterocycles. The summed E-state index contributed by atoms with van der Waals surface area (Å²) in [7, 11) is 1.55. The van der Waals surface area contributed by atoms with Crippen LogP contribution in [0.5, 0.6) is 11.5 Å². The number of ether oxygens (including phenoxy) is 2. The van der Waals surface area contributed by atoms with E-state index < -0.39 is 0 Å². The molecule has 2 amide bonds. The Morgan fingerprint density at radius 3 is 2.42 bits per heavy atom. The molecule has 3 aromatic rings. The molecule has 0 aromatic heterocycles. The van der Waals surface area contributed by atoms with E-state index in [4.69, 9.17) is 21.1 Å². The highest BCUT2D eigenvalue weighted by Crippen LogP contribution is 2.36. The molecule has 33 heavy (non-hydrogen) atoms. The maximum absolute atomic E-state index is 12.3. The molecule has 3 rings (SSSR count). The lowest BCUT2D eigenvalue weighted by Gasteiger charge is -2.13. The van der Waals surface area contributed by atoms with E-state index in [1.54, 1.807) is 55.6 Å². The quantitative estimate of drug-likeness (QED) is 0.301. The Balaban J connectivity index is 1.64. The highest BCUT2D eigenvalue weighted by Gasteiger charge is 2.12. The fourth-order valence-electron chi connectivity index (χ4n) is 2.83. The number of hydrazone groups is 1. The lowest BCUT2D eigenvalue weighted by Crippen LogP contribution is -2.17. The number of carbonyl (C=O) groups excluding carboxylic acids is 2. The number of amides is 2. The summed E-state index contributed by atoms with van der Waals surface area (Å²) in [5.41, 5.74) is 5.15. The zero-order valence-corrected chi connectivity index (χ0v) is 20.2. The van der Waals surface area contributed by atoms with E-state index >= 15 is 0 Å². The molecule has 0 radical (unpaired) electrons. The molecule has 0 bridgehead atoms. The average molecular weight is 531 g/mol. The first-order valence-corrected chi connectivity index (χ1v) is 11.0. The molecule has 0 aliphatic carbocycles. The standard InChI is InChI=1S/C24H21BrClN3O4/c1-15(30)28-20-9-5-18(6-10-20)24(31)29-27-13-17-11-21(25)23(22(12-17)32-2)33-14-16-3-7-19(26)8-4-16/h3-13H,14H2,1-2H3,(H,28,30)(H,29,31)/b27-13-. The summed E-state index contributed by atoms with van der Waals surface area (Å²) >= 11 is 9.42. The van der Waals surface area contributed by atoms with Crippen molar-refractivity contribution in [2.75, 3.05) is 12.4 Å². The van der Waals surface area contributed by atoms with Gasteiger partial charge < -0.3 is 14.8 Å². The van der Waals surface area contributed by atoms with E-state index in [1.165, 1.54) is 13.1 Å². The monoisotopic (exact) mass is 529 g/mol. The third kappa shape index (κ3) is 7.06. The van der Waals surface area contributed by atoms with Crippen LogP contribution in [-0.4, -0.2) is 25.1 Å². The molecule has 0 aliphatic rings. The van der Waals surface area contributed by atoms with Gasteiger partial charge >= 0.3 is 0 Å². The first-order chi connectivity index (χ1) is 15.9. The molecule has 2 N–H and O–H groups in total. The highest BCUT2D eigenvalue weighted by atomic mass is 79.9. The first kappa shape index (κ1) is 24.3. The molecule has 0 saturated carbocycles. The van der Waals surface area contributed by atoms with Crippen molar-refractivity contribution < 1.29 is 19.1 Å². The number of anilines is 1. The molecule has 9 heteroatoms. The third-order valence-electron chi connectivity index (χ3n) is 4.40. The molecule has 7 nitrogen and oxygen atoms in total. The predicted octanol–water partition coefficient (Wildman–Crippen LogP) is 5.41. The molecule has 0 aliphatic heterocycles. The lowest BCUT2D eigenvalue weighted by molar-refractivity contribution is -0.114. The van der Waals surface area contributed by atoms with Crippen LogP contribution >= 0.6 is 27.5 Å². The minimum Gasteiger partial charge on any atom is -0.493 e. The second kappa shape index (κ2) is 11.5. The summed E-state index contributed by atoms with van der Waals surface area (Å²) in [6.07, 6.45) is 1.50. The molecule has 0 atom stereocenters. The number of nitrogens with zero attached hydrogens (tertiary/aromatic N) is 1. The van der Waals surface area contributed by atoms with E-state index in [1.807, 2.05) is 12.1 Å². The SMILES string of the molecule is COc1cc(/C=N\NC(=O)c2ccc(NC(C)=O)cc2)cc(Br)c1OCc1ccc(Cl)cc1. The molecule has 0 unspecified atom stereocenters. The summed E-state index contributed by atoms with van der Waals surface area (Å²) in [6.45, 7) is 1.76. The minimum atomic E-state index is -0.380. The van der Waals surface area contributed by atoms with Gasteiger partial charge in [-0.3, -0.25) is 9.59 Å². The van der Waals surface area contributed by atoms with Gasteiger partial charge in [0, 0.05) is 23.2 Å². The van der Waals surface area contributed by atoms with Crippen LogP contribution in [0.15, 0.2) is 70.2 Å². The Kier molecular flexibility index (Phi) is 8.46. The smallest absolute Gasteiger partial charge is 0.271 e. The molecule has 170 valence electrons. The van der Waals surface area contributed by atoms with E-state index in [2.05, 4.69) is 31.8 Å². The van der Waals surface area contributed by atoms with Gasteiger partial charge in [-0.1, -0.05) is 23.7 Å². The van der Waals surface area contributed by atoms with Crippen LogP contribution in [0.2, 0.25) is 5.02 Å². The van der Waals surface area contributed by atoms with Gasteiger partial charge in [0.05, 0.1) is 17.8 Å². The maximum atomic E-state index is 12.3. The zero-order valence-electron chi connectivity index (χ0n) is 17.9. The van der Waals surface area contributed by atoms with Crippen molar-refractivity contribution in [1.82, 2.24) is 5.43 Å². The van der Waals surface area contributed by atoms with Crippen molar-refractivity contribution in [3.05, 3.63) is 86.8 Å². The van der Waals surface area contributed by atoms with Crippen molar-refractivity contribution in [3.63, 3.8) is 0 Å². The number of hydrogen-bond acceptors (Lipinski definition) is 5. The van der Waals surface area contributed by atoms with Gasteiger partial charge in [-0.25, -0.2) is 5.43 Å². The Bertz CT molecular complexity index is 1170. The van der Waals surface area contributed by atoms with Crippen molar-refractivity contribution in [1.29, 1.82) is 0 Å². The van der Waals surface area contributed by atoms with Crippen LogP contribution in [-0.2, 0) is 11.4 Å².